The molecule has 36 heavy (non-hydrogen) atoms. The standard InChI is InChI=1S/C26H30N4O5S/c1-18-15-30(19(2)17-31)26(32)23-13-21(20-9-11-27-12-10-20)14-28-25(23)35-24(18)16-29(3)36(33,34)22-7-5-4-6-8-22/h4-14,18-19,24,31H,15-17H2,1-3H3/t18-,19+,24+/m1/s1. The molecule has 0 spiro atoms. The van der Waals surface area contributed by atoms with Crippen molar-refractivity contribution >= 4 is 15.9 Å². The predicted octanol–water partition coefficient (Wildman–Crippen LogP) is 2.68. The van der Waals surface area contributed by atoms with Crippen molar-refractivity contribution in [2.75, 3.05) is 26.7 Å². The SMILES string of the molecule is C[C@@H]1CN([C@@H](C)CO)C(=O)c2cc(-c3ccncc3)cnc2O[C@H]1CN(C)S(=O)(=O)c1ccccc1. The van der Waals surface area contributed by atoms with E-state index in [1.807, 2.05) is 19.1 Å². The Balaban J connectivity index is 1.71. The van der Waals surface area contributed by atoms with Gasteiger partial charge < -0.3 is 14.7 Å². The Morgan fingerprint density at radius 1 is 1.17 bits per heavy atom. The number of benzene rings is 1. The van der Waals surface area contributed by atoms with Crippen LogP contribution in [0.15, 0.2) is 72.0 Å². The van der Waals surface area contributed by atoms with Crippen LogP contribution in [0.25, 0.3) is 11.1 Å². The van der Waals surface area contributed by atoms with Gasteiger partial charge in [0, 0.05) is 43.7 Å². The van der Waals surface area contributed by atoms with Gasteiger partial charge in [0.1, 0.15) is 11.7 Å². The molecule has 1 N–H and O–H groups in total. The third kappa shape index (κ3) is 5.25. The van der Waals surface area contributed by atoms with Gasteiger partial charge in [0.25, 0.3) is 5.91 Å². The van der Waals surface area contributed by atoms with Gasteiger partial charge in [-0.1, -0.05) is 25.1 Å². The molecule has 0 saturated heterocycles. The molecule has 3 atom stereocenters. The quantitative estimate of drug-likeness (QED) is 0.520. The maximum Gasteiger partial charge on any atom is 0.259 e. The molecule has 10 heteroatoms. The third-order valence-corrected chi connectivity index (χ3v) is 8.26. The second-order valence-electron chi connectivity index (χ2n) is 9.03. The van der Waals surface area contributed by atoms with E-state index in [1.165, 1.54) is 11.4 Å². The lowest BCUT2D eigenvalue weighted by Gasteiger charge is -2.37. The van der Waals surface area contributed by atoms with E-state index in [0.29, 0.717) is 0 Å². The highest BCUT2D eigenvalue weighted by Gasteiger charge is 2.36. The Morgan fingerprint density at radius 2 is 1.86 bits per heavy atom. The molecule has 3 heterocycles. The van der Waals surface area contributed by atoms with E-state index in [2.05, 4.69) is 9.97 Å². The lowest BCUT2D eigenvalue weighted by molar-refractivity contribution is 0.0373. The Hall–Kier alpha value is -3.34. The lowest BCUT2D eigenvalue weighted by Crippen LogP contribution is -2.50. The first-order chi connectivity index (χ1) is 17.2. The van der Waals surface area contributed by atoms with Crippen LogP contribution in [-0.4, -0.2) is 77.5 Å². The number of carbonyl (C=O) groups excluding carboxylic acids is 1. The van der Waals surface area contributed by atoms with Gasteiger partial charge in [0.2, 0.25) is 15.9 Å². The molecular weight excluding hydrogens is 480 g/mol. The van der Waals surface area contributed by atoms with E-state index in [4.69, 9.17) is 4.74 Å². The maximum atomic E-state index is 13.6. The van der Waals surface area contributed by atoms with Crippen LogP contribution in [0, 0.1) is 5.92 Å². The first-order valence-electron chi connectivity index (χ1n) is 11.7. The minimum atomic E-state index is -3.74. The summed E-state index contributed by atoms with van der Waals surface area (Å²) in [6, 6.07) is 13.1. The molecule has 0 bridgehead atoms. The highest BCUT2D eigenvalue weighted by atomic mass is 32.2. The third-order valence-electron chi connectivity index (χ3n) is 6.42. The van der Waals surface area contributed by atoms with Crippen molar-refractivity contribution in [1.29, 1.82) is 0 Å². The van der Waals surface area contributed by atoms with Crippen LogP contribution in [0.5, 0.6) is 5.88 Å². The summed E-state index contributed by atoms with van der Waals surface area (Å²) in [7, 11) is -2.23. The molecule has 0 unspecified atom stereocenters. The minimum Gasteiger partial charge on any atom is -0.472 e. The van der Waals surface area contributed by atoms with E-state index in [9.17, 15) is 18.3 Å². The number of hydrogen-bond donors (Lipinski definition) is 1. The van der Waals surface area contributed by atoms with Crippen molar-refractivity contribution in [1.82, 2.24) is 19.2 Å². The van der Waals surface area contributed by atoms with Crippen molar-refractivity contribution in [3.63, 3.8) is 0 Å². The Labute approximate surface area is 211 Å². The van der Waals surface area contributed by atoms with Crippen molar-refractivity contribution < 1.29 is 23.1 Å². The zero-order valence-electron chi connectivity index (χ0n) is 20.5. The highest BCUT2D eigenvalue weighted by molar-refractivity contribution is 7.89. The molecule has 2 aromatic heterocycles. The van der Waals surface area contributed by atoms with Gasteiger partial charge >= 0.3 is 0 Å². The number of rotatable bonds is 7. The zero-order chi connectivity index (χ0) is 25.9. The van der Waals surface area contributed by atoms with E-state index < -0.39 is 22.2 Å². The summed E-state index contributed by atoms with van der Waals surface area (Å²) in [5, 5.41) is 9.84. The van der Waals surface area contributed by atoms with Crippen LogP contribution in [0.4, 0.5) is 0 Å². The minimum absolute atomic E-state index is 0.0567. The number of pyridine rings is 2. The molecule has 190 valence electrons. The van der Waals surface area contributed by atoms with Crippen molar-refractivity contribution in [2.24, 2.45) is 5.92 Å². The highest BCUT2D eigenvalue weighted by Crippen LogP contribution is 2.30. The summed E-state index contributed by atoms with van der Waals surface area (Å²) in [5.74, 6) is -0.410. The van der Waals surface area contributed by atoms with E-state index >= 15 is 0 Å². The monoisotopic (exact) mass is 510 g/mol. The number of nitrogens with zero attached hydrogens (tertiary/aromatic N) is 4. The molecule has 3 aromatic rings. The second kappa shape index (κ2) is 10.7. The molecule has 1 amide bonds. The van der Waals surface area contributed by atoms with Gasteiger partial charge in [0.15, 0.2) is 0 Å². The van der Waals surface area contributed by atoms with Gasteiger partial charge in [-0.3, -0.25) is 9.78 Å². The number of hydrogen-bond acceptors (Lipinski definition) is 7. The number of ether oxygens (including phenoxy) is 1. The average molecular weight is 511 g/mol. The van der Waals surface area contributed by atoms with Crippen LogP contribution >= 0.6 is 0 Å². The fourth-order valence-electron chi connectivity index (χ4n) is 4.15. The smallest absolute Gasteiger partial charge is 0.259 e. The normalized spacial score (nSPS) is 19.2. The number of fused-ring (bicyclic) bond motifs is 1. The number of carbonyl (C=O) groups is 1. The number of amides is 1. The molecular formula is C26H30N4O5S. The second-order valence-corrected chi connectivity index (χ2v) is 11.1. The van der Waals surface area contributed by atoms with Crippen molar-refractivity contribution in [3.8, 4) is 17.0 Å². The Kier molecular flexibility index (Phi) is 7.67. The summed E-state index contributed by atoms with van der Waals surface area (Å²) in [5.41, 5.74) is 1.82. The number of aliphatic hydroxyl groups is 1. The molecule has 9 nitrogen and oxygen atoms in total. The molecule has 1 aliphatic heterocycles. The Morgan fingerprint density at radius 3 is 2.53 bits per heavy atom. The first kappa shape index (κ1) is 25.7. The topological polar surface area (TPSA) is 113 Å². The fourth-order valence-corrected chi connectivity index (χ4v) is 5.35. The summed E-state index contributed by atoms with van der Waals surface area (Å²) in [4.78, 5) is 23.9. The van der Waals surface area contributed by atoms with Gasteiger partial charge in [-0.15, -0.1) is 0 Å². The van der Waals surface area contributed by atoms with Crippen LogP contribution in [0.2, 0.25) is 0 Å². The number of aliphatic hydroxyl groups excluding tert-OH is 1. The van der Waals surface area contributed by atoms with E-state index in [1.54, 1.807) is 66.8 Å². The molecule has 4 rings (SSSR count). The predicted molar refractivity (Wildman–Crippen MR) is 135 cm³/mol. The molecule has 0 fully saturated rings. The van der Waals surface area contributed by atoms with Crippen molar-refractivity contribution in [2.45, 2.75) is 30.9 Å². The number of likely N-dealkylation sites (N-methyl/N-ethyl adjacent to an activating group) is 1. The van der Waals surface area contributed by atoms with Crippen LogP contribution in [0.3, 0.4) is 0 Å². The summed E-state index contributed by atoms with van der Waals surface area (Å²) in [6.07, 6.45) is 4.35. The van der Waals surface area contributed by atoms with Gasteiger partial charge in [0.05, 0.1) is 24.1 Å². The molecule has 1 aliphatic rings. The van der Waals surface area contributed by atoms with Gasteiger partial charge in [-0.2, -0.15) is 4.31 Å². The summed E-state index contributed by atoms with van der Waals surface area (Å²) >= 11 is 0. The molecule has 0 aliphatic carbocycles. The Bertz CT molecular complexity index is 1300. The average Bonchev–Trinajstić information content (AvgIpc) is 2.90. The number of sulfonamides is 1. The lowest BCUT2D eigenvalue weighted by atomic mass is 9.99. The van der Waals surface area contributed by atoms with E-state index in [0.717, 1.165) is 11.1 Å². The fraction of sp³-hybridized carbons (Fsp3) is 0.346. The van der Waals surface area contributed by atoms with Gasteiger partial charge in [-0.05, 0) is 42.8 Å². The largest absolute Gasteiger partial charge is 0.472 e. The van der Waals surface area contributed by atoms with Gasteiger partial charge in [-0.25, -0.2) is 13.4 Å². The van der Waals surface area contributed by atoms with Crippen molar-refractivity contribution in [3.05, 3.63) is 72.7 Å². The first-order valence-corrected chi connectivity index (χ1v) is 13.2. The van der Waals surface area contributed by atoms with Crippen LogP contribution < -0.4 is 4.74 Å². The molecule has 0 saturated carbocycles. The maximum absolute atomic E-state index is 13.6. The zero-order valence-corrected chi connectivity index (χ0v) is 21.3. The summed E-state index contributed by atoms with van der Waals surface area (Å²) < 4.78 is 33.8. The van der Waals surface area contributed by atoms with Crippen LogP contribution in [0.1, 0.15) is 24.2 Å². The van der Waals surface area contributed by atoms with Crippen LogP contribution in [-0.2, 0) is 10.0 Å². The summed E-state index contributed by atoms with van der Waals surface area (Å²) in [6.45, 7) is 3.80. The molecule has 1 aromatic carbocycles. The number of aromatic nitrogens is 2. The van der Waals surface area contributed by atoms with E-state index in [-0.39, 0.29) is 47.9 Å². The molecule has 0 radical (unpaired) electrons.